The first-order chi connectivity index (χ1) is 21.0. The number of aliphatic hydroxyl groups is 3. The zero-order chi connectivity index (χ0) is 34.5. The van der Waals surface area contributed by atoms with E-state index in [1.807, 2.05) is 5.32 Å². The van der Waals surface area contributed by atoms with E-state index in [1.54, 1.807) is 30.3 Å². The summed E-state index contributed by atoms with van der Waals surface area (Å²) in [6.45, 7) is 2.07. The Morgan fingerprint density at radius 3 is 2.09 bits per heavy atom. The van der Waals surface area contributed by atoms with Crippen molar-refractivity contribution < 1.29 is 63.8 Å². The molecule has 0 saturated heterocycles. The van der Waals surface area contributed by atoms with Crippen molar-refractivity contribution in [2.45, 2.75) is 82.1 Å². The van der Waals surface area contributed by atoms with Gasteiger partial charge in [0.15, 0.2) is 0 Å². The van der Waals surface area contributed by atoms with Crippen molar-refractivity contribution >= 4 is 41.9 Å². The molecule has 0 radical (unpaired) electrons. The van der Waals surface area contributed by atoms with Gasteiger partial charge >= 0.3 is 11.9 Å². The number of rotatable bonds is 20. The second-order valence-electron chi connectivity index (χ2n) is 10.4. The van der Waals surface area contributed by atoms with E-state index in [9.17, 15) is 59.1 Å². The molecule has 0 bridgehead atoms. The molecule has 0 saturated carbocycles. The molecule has 1 aromatic rings. The molecule has 1 aromatic carbocycles. The van der Waals surface area contributed by atoms with E-state index in [1.165, 1.54) is 0 Å². The quantitative estimate of drug-likeness (QED) is 0.0503. The van der Waals surface area contributed by atoms with Crippen molar-refractivity contribution in [2.24, 2.45) is 11.7 Å². The van der Waals surface area contributed by atoms with Gasteiger partial charge in [-0.15, -0.1) is 0 Å². The van der Waals surface area contributed by atoms with E-state index < -0.39 is 96.6 Å². The minimum absolute atomic E-state index is 0.0145. The largest absolute Gasteiger partial charge is 0.480 e. The molecule has 0 fully saturated rings. The summed E-state index contributed by atoms with van der Waals surface area (Å²) < 4.78 is 5.48. The molecule has 1 rings (SSSR count). The minimum Gasteiger partial charge on any atom is -0.480 e. The Labute approximate surface area is 258 Å². The molecule has 17 heteroatoms. The fourth-order valence-corrected chi connectivity index (χ4v) is 4.27. The SMILES string of the molecule is CC(=O)N[C@@H](C=O)[C@@H](OC(C(N)=O)C(C)C(=O)NC(CCCc1ccccc1)(C(=O)O)C(=O)NC(C)C(=O)O)[C@H](O)[C@H](O)CO. The zero-order valence-corrected chi connectivity index (χ0v) is 24.9. The molecule has 10 N–H and O–H groups in total. The molecule has 45 heavy (non-hydrogen) atoms. The van der Waals surface area contributed by atoms with Crippen LogP contribution in [0.4, 0.5) is 0 Å². The Kier molecular flexibility index (Phi) is 15.2. The Hall–Kier alpha value is -4.45. The maximum absolute atomic E-state index is 13.5. The molecule has 0 aliphatic rings. The van der Waals surface area contributed by atoms with Gasteiger partial charge in [0, 0.05) is 6.92 Å². The number of aliphatic carboxylic acids is 2. The topological polar surface area (TPSA) is 292 Å². The molecule has 250 valence electrons. The lowest BCUT2D eigenvalue weighted by molar-refractivity contribution is -0.168. The Bertz CT molecular complexity index is 1210. The lowest BCUT2D eigenvalue weighted by Gasteiger charge is -2.35. The van der Waals surface area contributed by atoms with Crippen molar-refractivity contribution in [3.8, 4) is 0 Å². The lowest BCUT2D eigenvalue weighted by atomic mass is 9.88. The van der Waals surface area contributed by atoms with Crippen LogP contribution in [0.1, 0.15) is 39.2 Å². The third kappa shape index (κ3) is 10.9. The molecule has 0 aromatic heterocycles. The second-order valence-corrected chi connectivity index (χ2v) is 10.4. The summed E-state index contributed by atoms with van der Waals surface area (Å²) in [5.41, 5.74) is 3.45. The van der Waals surface area contributed by atoms with Gasteiger partial charge in [-0.25, -0.2) is 4.79 Å². The number of hydrogen-bond donors (Lipinski definition) is 9. The summed E-state index contributed by atoms with van der Waals surface area (Å²) in [5, 5.41) is 55.5. The van der Waals surface area contributed by atoms with Crippen molar-refractivity contribution in [1.82, 2.24) is 16.0 Å². The van der Waals surface area contributed by atoms with Crippen LogP contribution in [0.5, 0.6) is 0 Å². The number of primary amides is 1. The number of aliphatic hydroxyl groups excluding tert-OH is 3. The van der Waals surface area contributed by atoms with Crippen LogP contribution in [0.15, 0.2) is 30.3 Å². The molecular formula is C28H40N4O13. The van der Waals surface area contributed by atoms with Gasteiger partial charge in [-0.05, 0) is 31.7 Å². The monoisotopic (exact) mass is 640 g/mol. The zero-order valence-electron chi connectivity index (χ0n) is 24.9. The summed E-state index contributed by atoms with van der Waals surface area (Å²) in [5.74, 6) is -9.92. The van der Waals surface area contributed by atoms with E-state index in [2.05, 4.69) is 10.6 Å². The highest BCUT2D eigenvalue weighted by Crippen LogP contribution is 2.22. The summed E-state index contributed by atoms with van der Waals surface area (Å²) in [6.07, 6.45) is -8.25. The van der Waals surface area contributed by atoms with Crippen molar-refractivity contribution in [3.63, 3.8) is 0 Å². The number of aryl methyl sites for hydroxylation is 1. The van der Waals surface area contributed by atoms with Crippen molar-refractivity contribution in [1.29, 1.82) is 0 Å². The first-order valence-corrected chi connectivity index (χ1v) is 13.8. The minimum atomic E-state index is -2.75. The number of carbonyl (C=O) groups is 7. The van der Waals surface area contributed by atoms with E-state index in [0.29, 0.717) is 0 Å². The molecule has 0 spiro atoms. The number of carbonyl (C=O) groups excluding carboxylic acids is 5. The Morgan fingerprint density at radius 1 is 1.02 bits per heavy atom. The van der Waals surface area contributed by atoms with Crippen LogP contribution in [0.2, 0.25) is 0 Å². The number of nitrogens with two attached hydrogens (primary N) is 1. The van der Waals surface area contributed by atoms with Crippen LogP contribution in [-0.4, -0.2) is 116 Å². The summed E-state index contributed by atoms with van der Waals surface area (Å²) in [4.78, 5) is 86.5. The maximum atomic E-state index is 13.5. The third-order valence-electron chi connectivity index (χ3n) is 6.91. The standard InChI is InChI=1S/C28H40N4O13/c1-14(21(23(29)38)45-22(20(37)19(36)13-34)18(12-33)31-16(3)35)24(39)32-28(27(43)44,26(42)30-15(2)25(40)41)11-7-10-17-8-5-4-6-9-17/h4-6,8-9,12,14-15,18-22,34,36-37H,7,10-11,13H2,1-3H3,(H2,29,38)(H,30,42)(H,31,35)(H,32,39)(H,40,41)(H,43,44)/t14?,15?,18-,19+,20+,21?,22+,28?/m0/s1. The molecule has 17 nitrogen and oxygen atoms in total. The average Bonchev–Trinajstić information content (AvgIpc) is 2.98. The molecule has 0 heterocycles. The highest BCUT2D eigenvalue weighted by Gasteiger charge is 2.50. The van der Waals surface area contributed by atoms with Gasteiger partial charge in [0.05, 0.1) is 12.5 Å². The normalized spacial score (nSPS) is 17.1. The fourth-order valence-electron chi connectivity index (χ4n) is 4.27. The van der Waals surface area contributed by atoms with Crippen molar-refractivity contribution in [3.05, 3.63) is 35.9 Å². The second kappa shape index (κ2) is 17.7. The third-order valence-corrected chi connectivity index (χ3v) is 6.91. The van der Waals surface area contributed by atoms with Crippen LogP contribution >= 0.6 is 0 Å². The Balaban J connectivity index is 3.47. The maximum Gasteiger partial charge on any atom is 0.339 e. The summed E-state index contributed by atoms with van der Waals surface area (Å²) >= 11 is 0. The highest BCUT2D eigenvalue weighted by atomic mass is 16.5. The lowest BCUT2D eigenvalue weighted by Crippen LogP contribution is -2.66. The number of hydrogen-bond acceptors (Lipinski definition) is 11. The average molecular weight is 641 g/mol. The number of aldehydes is 1. The molecule has 8 atom stereocenters. The van der Waals surface area contributed by atoms with Crippen LogP contribution in [0.25, 0.3) is 0 Å². The predicted octanol–water partition coefficient (Wildman–Crippen LogP) is -3.17. The van der Waals surface area contributed by atoms with E-state index in [4.69, 9.17) is 10.5 Å². The van der Waals surface area contributed by atoms with E-state index >= 15 is 0 Å². The predicted molar refractivity (Wildman–Crippen MR) is 153 cm³/mol. The molecular weight excluding hydrogens is 600 g/mol. The number of benzene rings is 1. The first-order valence-electron chi connectivity index (χ1n) is 13.8. The van der Waals surface area contributed by atoms with Crippen LogP contribution in [-0.2, 0) is 44.7 Å². The number of carboxylic acid groups (broad SMARTS) is 2. The molecule has 0 aliphatic carbocycles. The smallest absolute Gasteiger partial charge is 0.339 e. The summed E-state index contributed by atoms with van der Waals surface area (Å²) in [6, 6.07) is 5.43. The van der Waals surface area contributed by atoms with Gasteiger partial charge in [0.25, 0.3) is 5.91 Å². The van der Waals surface area contributed by atoms with Gasteiger partial charge in [-0.1, -0.05) is 37.3 Å². The van der Waals surface area contributed by atoms with Gasteiger partial charge < -0.3 is 56.7 Å². The van der Waals surface area contributed by atoms with Gasteiger partial charge in [0.1, 0.15) is 42.8 Å². The molecule has 4 unspecified atom stereocenters. The van der Waals surface area contributed by atoms with Crippen LogP contribution in [0.3, 0.4) is 0 Å². The van der Waals surface area contributed by atoms with Gasteiger partial charge in [0.2, 0.25) is 23.3 Å². The van der Waals surface area contributed by atoms with Gasteiger partial charge in [-0.2, -0.15) is 0 Å². The number of amides is 4. The highest BCUT2D eigenvalue weighted by molar-refractivity contribution is 6.10. The van der Waals surface area contributed by atoms with Crippen molar-refractivity contribution in [2.75, 3.05) is 6.61 Å². The van der Waals surface area contributed by atoms with Crippen LogP contribution < -0.4 is 21.7 Å². The fraction of sp³-hybridized carbons (Fsp3) is 0.536. The Morgan fingerprint density at radius 2 is 1.62 bits per heavy atom. The molecule has 0 aliphatic heterocycles. The number of ether oxygens (including phenoxy) is 1. The number of carboxylic acids is 2. The number of nitrogens with one attached hydrogen (secondary N) is 3. The van der Waals surface area contributed by atoms with Crippen LogP contribution in [0, 0.1) is 5.92 Å². The molecule has 4 amide bonds. The van der Waals surface area contributed by atoms with Gasteiger partial charge in [-0.3, -0.25) is 24.0 Å². The van der Waals surface area contributed by atoms with E-state index in [0.717, 1.165) is 26.3 Å². The summed E-state index contributed by atoms with van der Waals surface area (Å²) in [7, 11) is 0. The van der Waals surface area contributed by atoms with E-state index in [-0.39, 0.29) is 19.1 Å². The first kappa shape index (κ1) is 38.6.